The standard InChI is InChI=1S/C15H22N4O3/c16-15(20)12-3-1-9-18(11-12)10-2-8-17-13-4-6-14(7-5-13)19(21)22/h4-7,12,17H,1-3,8-11H2,(H2,16,20). The van der Waals surface area contributed by atoms with E-state index in [4.69, 9.17) is 5.73 Å². The number of nitrogens with zero attached hydrogens (tertiary/aromatic N) is 2. The normalized spacial score (nSPS) is 18.8. The van der Waals surface area contributed by atoms with Crippen LogP contribution in [0.15, 0.2) is 24.3 Å². The number of nitro benzene ring substituents is 1. The third-order valence-corrected chi connectivity index (χ3v) is 3.97. The topological polar surface area (TPSA) is 102 Å². The molecule has 1 aromatic carbocycles. The maximum atomic E-state index is 11.2. The van der Waals surface area contributed by atoms with E-state index in [0.717, 1.165) is 51.1 Å². The molecule has 1 aliphatic rings. The van der Waals surface area contributed by atoms with Gasteiger partial charge >= 0.3 is 0 Å². The van der Waals surface area contributed by atoms with Gasteiger partial charge in [0.1, 0.15) is 0 Å². The Labute approximate surface area is 129 Å². The Morgan fingerprint density at radius 3 is 2.77 bits per heavy atom. The number of hydrogen-bond acceptors (Lipinski definition) is 5. The number of piperidine rings is 1. The summed E-state index contributed by atoms with van der Waals surface area (Å²) in [6, 6.07) is 6.40. The van der Waals surface area contributed by atoms with E-state index in [0.29, 0.717) is 0 Å². The van der Waals surface area contributed by atoms with Crippen LogP contribution in [-0.2, 0) is 4.79 Å². The lowest BCUT2D eigenvalue weighted by molar-refractivity contribution is -0.384. The molecule has 1 atom stereocenters. The molecular weight excluding hydrogens is 284 g/mol. The number of nitro groups is 1. The van der Waals surface area contributed by atoms with Gasteiger partial charge in [-0.05, 0) is 44.5 Å². The van der Waals surface area contributed by atoms with E-state index >= 15 is 0 Å². The number of carbonyl (C=O) groups excluding carboxylic acids is 1. The maximum Gasteiger partial charge on any atom is 0.269 e. The lowest BCUT2D eigenvalue weighted by atomic mass is 9.97. The zero-order valence-corrected chi connectivity index (χ0v) is 12.5. The number of nitrogens with one attached hydrogen (secondary N) is 1. The number of non-ortho nitro benzene ring substituents is 1. The Morgan fingerprint density at radius 2 is 2.14 bits per heavy atom. The van der Waals surface area contributed by atoms with Crippen molar-refractivity contribution in [3.05, 3.63) is 34.4 Å². The lowest BCUT2D eigenvalue weighted by Crippen LogP contribution is -2.41. The maximum absolute atomic E-state index is 11.2. The van der Waals surface area contributed by atoms with Crippen molar-refractivity contribution in [2.75, 3.05) is 31.5 Å². The van der Waals surface area contributed by atoms with Gasteiger partial charge < -0.3 is 16.0 Å². The fraction of sp³-hybridized carbons (Fsp3) is 0.533. The van der Waals surface area contributed by atoms with Crippen LogP contribution in [0.25, 0.3) is 0 Å². The first-order valence-corrected chi connectivity index (χ1v) is 7.56. The molecule has 120 valence electrons. The van der Waals surface area contributed by atoms with Gasteiger partial charge in [-0.2, -0.15) is 0 Å². The van der Waals surface area contributed by atoms with Gasteiger partial charge in [-0.15, -0.1) is 0 Å². The van der Waals surface area contributed by atoms with E-state index in [1.807, 2.05) is 0 Å². The number of rotatable bonds is 7. The Kier molecular flexibility index (Phi) is 5.71. The average Bonchev–Trinajstić information content (AvgIpc) is 2.52. The summed E-state index contributed by atoms with van der Waals surface area (Å²) < 4.78 is 0. The minimum Gasteiger partial charge on any atom is -0.385 e. The molecule has 0 spiro atoms. The van der Waals surface area contributed by atoms with Gasteiger partial charge in [0.05, 0.1) is 10.8 Å². The van der Waals surface area contributed by atoms with Crippen molar-refractivity contribution in [1.82, 2.24) is 4.90 Å². The number of amides is 1. The van der Waals surface area contributed by atoms with Crippen LogP contribution >= 0.6 is 0 Å². The molecule has 2 rings (SSSR count). The summed E-state index contributed by atoms with van der Waals surface area (Å²) in [5.74, 6) is -0.218. The largest absolute Gasteiger partial charge is 0.385 e. The second kappa shape index (κ2) is 7.74. The summed E-state index contributed by atoms with van der Waals surface area (Å²) in [5.41, 5.74) is 6.34. The predicted molar refractivity (Wildman–Crippen MR) is 84.6 cm³/mol. The molecule has 1 fully saturated rings. The summed E-state index contributed by atoms with van der Waals surface area (Å²) in [4.78, 5) is 23.7. The van der Waals surface area contributed by atoms with Crippen LogP contribution in [0.3, 0.4) is 0 Å². The molecule has 1 aromatic rings. The summed E-state index contributed by atoms with van der Waals surface area (Å²) in [5, 5.41) is 13.8. The molecule has 0 radical (unpaired) electrons. The summed E-state index contributed by atoms with van der Waals surface area (Å²) in [7, 11) is 0. The van der Waals surface area contributed by atoms with Crippen LogP contribution < -0.4 is 11.1 Å². The molecule has 0 aromatic heterocycles. The molecule has 1 amide bonds. The van der Waals surface area contributed by atoms with Crippen LogP contribution in [0.2, 0.25) is 0 Å². The number of nitrogens with two attached hydrogens (primary N) is 1. The molecule has 0 saturated carbocycles. The molecule has 3 N–H and O–H groups in total. The number of benzene rings is 1. The highest BCUT2D eigenvalue weighted by molar-refractivity contribution is 5.76. The zero-order chi connectivity index (χ0) is 15.9. The number of anilines is 1. The highest BCUT2D eigenvalue weighted by Gasteiger charge is 2.23. The minimum absolute atomic E-state index is 0.0172. The van der Waals surface area contributed by atoms with E-state index in [1.165, 1.54) is 12.1 Å². The van der Waals surface area contributed by atoms with Gasteiger partial charge in [0.25, 0.3) is 5.69 Å². The number of primary amides is 1. The monoisotopic (exact) mass is 306 g/mol. The van der Waals surface area contributed by atoms with Crippen molar-refractivity contribution in [2.24, 2.45) is 11.7 Å². The van der Waals surface area contributed by atoms with Gasteiger partial charge in [0.15, 0.2) is 0 Å². The van der Waals surface area contributed by atoms with Crippen molar-refractivity contribution >= 4 is 17.3 Å². The predicted octanol–water partition coefficient (Wildman–Crippen LogP) is 1.59. The van der Waals surface area contributed by atoms with Crippen molar-refractivity contribution in [1.29, 1.82) is 0 Å². The fourth-order valence-corrected chi connectivity index (χ4v) is 2.73. The number of carbonyl (C=O) groups is 1. The van der Waals surface area contributed by atoms with Crippen LogP contribution in [-0.4, -0.2) is 41.9 Å². The van der Waals surface area contributed by atoms with Gasteiger partial charge in [-0.3, -0.25) is 14.9 Å². The van der Waals surface area contributed by atoms with Gasteiger partial charge in [0.2, 0.25) is 5.91 Å². The van der Waals surface area contributed by atoms with Crippen molar-refractivity contribution in [2.45, 2.75) is 19.3 Å². The van der Waals surface area contributed by atoms with E-state index in [-0.39, 0.29) is 17.5 Å². The molecule has 1 heterocycles. The first-order valence-electron chi connectivity index (χ1n) is 7.56. The van der Waals surface area contributed by atoms with E-state index in [1.54, 1.807) is 12.1 Å². The Bertz CT molecular complexity index is 518. The Balaban J connectivity index is 1.68. The van der Waals surface area contributed by atoms with Crippen LogP contribution in [0.1, 0.15) is 19.3 Å². The van der Waals surface area contributed by atoms with Crippen LogP contribution in [0.4, 0.5) is 11.4 Å². The average molecular weight is 306 g/mol. The Hall–Kier alpha value is -2.15. The number of likely N-dealkylation sites (tertiary alicyclic amines) is 1. The quantitative estimate of drug-likeness (QED) is 0.452. The highest BCUT2D eigenvalue weighted by atomic mass is 16.6. The highest BCUT2D eigenvalue weighted by Crippen LogP contribution is 2.17. The van der Waals surface area contributed by atoms with Crippen LogP contribution in [0, 0.1) is 16.0 Å². The minimum atomic E-state index is -0.407. The molecule has 1 saturated heterocycles. The summed E-state index contributed by atoms with van der Waals surface area (Å²) >= 11 is 0. The fourth-order valence-electron chi connectivity index (χ4n) is 2.73. The molecule has 0 bridgehead atoms. The van der Waals surface area contributed by atoms with Gasteiger partial charge in [0, 0.05) is 30.9 Å². The van der Waals surface area contributed by atoms with Gasteiger partial charge in [-0.1, -0.05) is 0 Å². The third-order valence-electron chi connectivity index (χ3n) is 3.97. The van der Waals surface area contributed by atoms with Crippen molar-refractivity contribution < 1.29 is 9.72 Å². The first-order chi connectivity index (χ1) is 10.6. The summed E-state index contributed by atoms with van der Waals surface area (Å²) in [6.45, 7) is 3.48. The number of hydrogen-bond donors (Lipinski definition) is 2. The van der Waals surface area contributed by atoms with Crippen LogP contribution in [0.5, 0.6) is 0 Å². The second-order valence-corrected chi connectivity index (χ2v) is 5.63. The molecule has 1 aliphatic heterocycles. The molecule has 7 heteroatoms. The Morgan fingerprint density at radius 1 is 1.41 bits per heavy atom. The molecule has 22 heavy (non-hydrogen) atoms. The molecule has 0 aliphatic carbocycles. The van der Waals surface area contributed by atoms with E-state index in [9.17, 15) is 14.9 Å². The zero-order valence-electron chi connectivity index (χ0n) is 12.5. The van der Waals surface area contributed by atoms with Crippen molar-refractivity contribution in [3.8, 4) is 0 Å². The first kappa shape index (κ1) is 16.2. The van der Waals surface area contributed by atoms with E-state index < -0.39 is 4.92 Å². The third kappa shape index (κ3) is 4.70. The molecule has 7 nitrogen and oxygen atoms in total. The van der Waals surface area contributed by atoms with E-state index in [2.05, 4.69) is 10.2 Å². The van der Waals surface area contributed by atoms with Gasteiger partial charge in [-0.25, -0.2) is 0 Å². The SMILES string of the molecule is NC(=O)C1CCCN(CCCNc2ccc([N+](=O)[O-])cc2)C1. The smallest absolute Gasteiger partial charge is 0.269 e. The molecule has 1 unspecified atom stereocenters. The summed E-state index contributed by atoms with van der Waals surface area (Å²) in [6.07, 6.45) is 2.86. The molecular formula is C15H22N4O3. The lowest BCUT2D eigenvalue weighted by Gasteiger charge is -2.31. The second-order valence-electron chi connectivity index (χ2n) is 5.63. The van der Waals surface area contributed by atoms with Crippen molar-refractivity contribution in [3.63, 3.8) is 0 Å².